The fourth-order valence-electron chi connectivity index (χ4n) is 2.96. The largest absolute Gasteiger partial charge is 0.465 e. The van der Waals surface area contributed by atoms with Crippen molar-refractivity contribution >= 4 is 5.97 Å². The molecular weight excluding hydrogens is 228 g/mol. The summed E-state index contributed by atoms with van der Waals surface area (Å²) in [5, 5.41) is 4.64. The van der Waals surface area contributed by atoms with Crippen molar-refractivity contribution in [3.8, 4) is 0 Å². The van der Waals surface area contributed by atoms with Gasteiger partial charge in [-0.25, -0.2) is 0 Å². The minimum atomic E-state index is -0.173. The van der Waals surface area contributed by atoms with E-state index in [-0.39, 0.29) is 12.5 Å². The zero-order valence-electron chi connectivity index (χ0n) is 11.1. The average Bonchev–Trinajstić information content (AvgIpc) is 2.98. The van der Waals surface area contributed by atoms with E-state index in [0.29, 0.717) is 18.4 Å². The van der Waals surface area contributed by atoms with Gasteiger partial charge in [0.1, 0.15) is 6.54 Å². The molecular formula is C14H20N2O2. The highest BCUT2D eigenvalue weighted by atomic mass is 16.5. The Morgan fingerprint density at radius 2 is 2.22 bits per heavy atom. The van der Waals surface area contributed by atoms with Crippen LogP contribution in [0.5, 0.6) is 0 Å². The zero-order valence-corrected chi connectivity index (χ0v) is 11.1. The SMILES string of the molecule is CCOC(=O)Cn1nc2c(c1C1CC1)CC(C)C2. The Balaban J connectivity index is 1.86. The topological polar surface area (TPSA) is 44.1 Å². The Bertz CT molecular complexity index is 474. The molecule has 1 aromatic rings. The first kappa shape index (κ1) is 11.8. The molecule has 0 bridgehead atoms. The second-order valence-corrected chi connectivity index (χ2v) is 5.56. The van der Waals surface area contributed by atoms with E-state index in [1.165, 1.54) is 29.8 Å². The molecule has 0 N–H and O–H groups in total. The normalized spacial score (nSPS) is 22.0. The first-order valence-electron chi connectivity index (χ1n) is 6.93. The third-order valence-corrected chi connectivity index (χ3v) is 3.82. The molecule has 4 heteroatoms. The molecule has 0 aromatic carbocycles. The van der Waals surface area contributed by atoms with Crippen LogP contribution in [-0.2, 0) is 28.9 Å². The minimum Gasteiger partial charge on any atom is -0.465 e. The molecule has 1 unspecified atom stereocenters. The molecule has 0 amide bonds. The van der Waals surface area contributed by atoms with E-state index in [4.69, 9.17) is 4.74 Å². The van der Waals surface area contributed by atoms with E-state index >= 15 is 0 Å². The number of carbonyl (C=O) groups is 1. The van der Waals surface area contributed by atoms with Crippen molar-refractivity contribution in [3.63, 3.8) is 0 Å². The Kier molecular flexibility index (Phi) is 2.88. The van der Waals surface area contributed by atoms with Crippen LogP contribution in [0.2, 0.25) is 0 Å². The molecule has 0 saturated heterocycles. The molecule has 0 spiro atoms. The van der Waals surface area contributed by atoms with Gasteiger partial charge in [-0.15, -0.1) is 0 Å². The van der Waals surface area contributed by atoms with Gasteiger partial charge < -0.3 is 4.74 Å². The second-order valence-electron chi connectivity index (χ2n) is 5.56. The molecule has 1 atom stereocenters. The minimum absolute atomic E-state index is 0.173. The van der Waals surface area contributed by atoms with Gasteiger partial charge in [0.15, 0.2) is 0 Å². The van der Waals surface area contributed by atoms with Crippen LogP contribution in [0.25, 0.3) is 0 Å². The molecule has 1 fully saturated rings. The number of rotatable bonds is 4. The van der Waals surface area contributed by atoms with E-state index in [2.05, 4.69) is 12.0 Å². The Morgan fingerprint density at radius 1 is 1.44 bits per heavy atom. The highest BCUT2D eigenvalue weighted by Gasteiger charge is 2.35. The molecule has 98 valence electrons. The van der Waals surface area contributed by atoms with Crippen molar-refractivity contribution in [3.05, 3.63) is 17.0 Å². The molecule has 2 aliphatic rings. The van der Waals surface area contributed by atoms with Gasteiger partial charge >= 0.3 is 5.97 Å². The summed E-state index contributed by atoms with van der Waals surface area (Å²) >= 11 is 0. The summed E-state index contributed by atoms with van der Waals surface area (Å²) in [6.07, 6.45) is 4.68. The lowest BCUT2D eigenvalue weighted by molar-refractivity contribution is -0.144. The van der Waals surface area contributed by atoms with E-state index in [1.807, 2.05) is 11.6 Å². The zero-order chi connectivity index (χ0) is 12.7. The first-order valence-corrected chi connectivity index (χ1v) is 6.93. The summed E-state index contributed by atoms with van der Waals surface area (Å²) in [5.74, 6) is 1.17. The third kappa shape index (κ3) is 2.04. The Hall–Kier alpha value is -1.32. The monoisotopic (exact) mass is 248 g/mol. The van der Waals surface area contributed by atoms with E-state index < -0.39 is 0 Å². The van der Waals surface area contributed by atoms with Crippen molar-refractivity contribution in [2.24, 2.45) is 5.92 Å². The quantitative estimate of drug-likeness (QED) is 0.766. The lowest BCUT2D eigenvalue weighted by Gasteiger charge is -2.09. The summed E-state index contributed by atoms with van der Waals surface area (Å²) < 4.78 is 6.93. The van der Waals surface area contributed by atoms with Crippen LogP contribution in [0.3, 0.4) is 0 Å². The van der Waals surface area contributed by atoms with Crippen LogP contribution in [0.15, 0.2) is 0 Å². The molecule has 0 aliphatic heterocycles. The van der Waals surface area contributed by atoms with Crippen molar-refractivity contribution in [1.29, 1.82) is 0 Å². The summed E-state index contributed by atoms with van der Waals surface area (Å²) in [4.78, 5) is 11.6. The lowest BCUT2D eigenvalue weighted by atomic mass is 10.1. The molecule has 2 aliphatic carbocycles. The number of aromatic nitrogens is 2. The van der Waals surface area contributed by atoms with Crippen LogP contribution < -0.4 is 0 Å². The number of fused-ring (bicyclic) bond motifs is 1. The number of esters is 1. The first-order chi connectivity index (χ1) is 8.69. The smallest absolute Gasteiger partial charge is 0.327 e. The standard InChI is InChI=1S/C14H20N2O2/c1-3-18-13(17)8-16-14(10-4-5-10)11-6-9(2)7-12(11)15-16/h9-10H,3-8H2,1-2H3. The number of hydrogen-bond acceptors (Lipinski definition) is 3. The van der Waals surface area contributed by atoms with Gasteiger partial charge in [-0.1, -0.05) is 6.92 Å². The van der Waals surface area contributed by atoms with Gasteiger partial charge in [-0.3, -0.25) is 9.48 Å². The Labute approximate surface area is 107 Å². The van der Waals surface area contributed by atoms with Crippen molar-refractivity contribution in [2.45, 2.75) is 52.0 Å². The fraction of sp³-hybridized carbons (Fsp3) is 0.714. The molecule has 0 radical (unpaired) electrons. The molecule has 3 rings (SSSR count). The van der Waals surface area contributed by atoms with Crippen LogP contribution >= 0.6 is 0 Å². The summed E-state index contributed by atoms with van der Waals surface area (Å²) in [6, 6.07) is 0. The number of ether oxygens (including phenoxy) is 1. The van der Waals surface area contributed by atoms with Crippen LogP contribution in [0.1, 0.15) is 49.6 Å². The van der Waals surface area contributed by atoms with Gasteiger partial charge in [0.25, 0.3) is 0 Å². The Morgan fingerprint density at radius 3 is 2.89 bits per heavy atom. The number of carbonyl (C=O) groups excluding carboxylic acids is 1. The highest BCUT2D eigenvalue weighted by molar-refractivity contribution is 5.69. The number of nitrogens with zero attached hydrogens (tertiary/aromatic N) is 2. The van der Waals surface area contributed by atoms with Gasteiger partial charge in [0.05, 0.1) is 12.3 Å². The van der Waals surface area contributed by atoms with Gasteiger partial charge in [-0.2, -0.15) is 5.10 Å². The van der Waals surface area contributed by atoms with Crippen molar-refractivity contribution < 1.29 is 9.53 Å². The number of hydrogen-bond donors (Lipinski definition) is 0. The van der Waals surface area contributed by atoms with Crippen LogP contribution in [-0.4, -0.2) is 22.4 Å². The fourth-order valence-corrected chi connectivity index (χ4v) is 2.96. The van der Waals surface area contributed by atoms with E-state index in [9.17, 15) is 4.79 Å². The van der Waals surface area contributed by atoms with Gasteiger partial charge in [0, 0.05) is 11.6 Å². The summed E-state index contributed by atoms with van der Waals surface area (Å²) in [7, 11) is 0. The highest BCUT2D eigenvalue weighted by Crippen LogP contribution is 2.44. The molecule has 1 heterocycles. The van der Waals surface area contributed by atoms with Crippen molar-refractivity contribution in [2.75, 3.05) is 6.61 Å². The van der Waals surface area contributed by atoms with Crippen LogP contribution in [0.4, 0.5) is 0 Å². The summed E-state index contributed by atoms with van der Waals surface area (Å²) in [6.45, 7) is 4.83. The van der Waals surface area contributed by atoms with Gasteiger partial charge in [0.2, 0.25) is 0 Å². The molecule has 4 nitrogen and oxygen atoms in total. The maximum atomic E-state index is 11.6. The molecule has 1 saturated carbocycles. The molecule has 1 aromatic heterocycles. The van der Waals surface area contributed by atoms with Gasteiger partial charge in [-0.05, 0) is 44.1 Å². The summed E-state index contributed by atoms with van der Waals surface area (Å²) in [5.41, 5.74) is 3.96. The maximum Gasteiger partial charge on any atom is 0.327 e. The lowest BCUT2D eigenvalue weighted by Crippen LogP contribution is -2.17. The van der Waals surface area contributed by atoms with Crippen molar-refractivity contribution in [1.82, 2.24) is 9.78 Å². The third-order valence-electron chi connectivity index (χ3n) is 3.82. The van der Waals surface area contributed by atoms with Crippen LogP contribution in [0, 0.1) is 5.92 Å². The maximum absolute atomic E-state index is 11.6. The van der Waals surface area contributed by atoms with E-state index in [1.54, 1.807) is 0 Å². The predicted molar refractivity (Wildman–Crippen MR) is 67.4 cm³/mol. The second kappa shape index (κ2) is 4.41. The average molecular weight is 248 g/mol. The predicted octanol–water partition coefficient (Wildman–Crippen LogP) is 2.06. The molecule has 18 heavy (non-hydrogen) atoms. The van der Waals surface area contributed by atoms with E-state index in [0.717, 1.165) is 12.8 Å².